The third kappa shape index (κ3) is 34.5. The first-order valence-electron chi connectivity index (χ1n) is 1.15. The van der Waals surface area contributed by atoms with E-state index in [0.717, 1.165) is 0 Å². The summed E-state index contributed by atoms with van der Waals surface area (Å²) in [6, 6.07) is 0. The second-order valence-corrected chi connectivity index (χ2v) is 0.577. The maximum atomic E-state index is 2.00. The van der Waals surface area contributed by atoms with Crippen LogP contribution in [0.2, 0.25) is 0 Å². The number of rotatable bonds is 0. The van der Waals surface area contributed by atoms with Crippen LogP contribution in [0, 0.1) is 6.42 Å². The van der Waals surface area contributed by atoms with Crippen molar-refractivity contribution in [3.05, 3.63) is 6.42 Å². The van der Waals surface area contributed by atoms with Gasteiger partial charge in [-0.1, -0.05) is 7.43 Å². The molecule has 0 rings (SSSR count). The smallest absolute Gasteiger partial charge is 0 e. The van der Waals surface area contributed by atoms with Crippen LogP contribution in [0.25, 0.3) is 0 Å². The third-order valence-corrected chi connectivity index (χ3v) is 0. The average Bonchev–Trinajstić information content (AvgIpc) is 0.918. The van der Waals surface area contributed by atoms with Gasteiger partial charge in [0.1, 0.15) is 0 Å². The second kappa shape index (κ2) is 27.0. The predicted molar refractivity (Wildman–Crippen MR) is 22.4 cm³/mol. The van der Waals surface area contributed by atoms with Crippen LogP contribution < -0.4 is 0 Å². The molecule has 0 saturated heterocycles. The Morgan fingerprint density at radius 1 is 1.00 bits per heavy atom. The van der Waals surface area contributed by atoms with Crippen molar-refractivity contribution in [2.45, 2.75) is 21.3 Å². The molecule has 0 aliphatic carbocycles. The fourth-order valence-electron chi connectivity index (χ4n) is 0. The summed E-state index contributed by atoms with van der Waals surface area (Å²) >= 11 is 0. The molecule has 2 radical (unpaired) electrons. The summed E-state index contributed by atoms with van der Waals surface area (Å²) in [5.74, 6) is 0. The summed E-state index contributed by atoms with van der Waals surface area (Å²) in [7, 11) is 0. The molecule has 34 valence electrons. The Morgan fingerprint density at radius 2 is 1.00 bits per heavy atom. The largest absolute Gasteiger partial charge is 0.335 e. The first kappa shape index (κ1) is 24.1. The van der Waals surface area contributed by atoms with Gasteiger partial charge in [-0.15, -0.1) is 0 Å². The van der Waals surface area contributed by atoms with E-state index in [1.54, 1.807) is 0 Å². The van der Waals surface area contributed by atoms with E-state index in [1.165, 1.54) is 0 Å². The van der Waals surface area contributed by atoms with E-state index >= 15 is 0 Å². The summed E-state index contributed by atoms with van der Waals surface area (Å²) in [5.41, 5.74) is 0. The summed E-state index contributed by atoms with van der Waals surface area (Å²) in [5, 5.41) is 0. The molecule has 0 aliphatic heterocycles. The van der Waals surface area contributed by atoms with Crippen molar-refractivity contribution in [3.8, 4) is 0 Å². The molecule has 0 heterocycles. The van der Waals surface area contributed by atoms with E-state index in [9.17, 15) is 0 Å². The fraction of sp³-hybridized carbons (Fsp3) is 0.750. The Morgan fingerprint density at radius 3 is 1.00 bits per heavy atom. The maximum absolute atomic E-state index is 2.00. The van der Waals surface area contributed by atoms with E-state index in [1.807, 2.05) is 20.3 Å². The van der Waals surface area contributed by atoms with Gasteiger partial charge in [0.2, 0.25) is 0 Å². The van der Waals surface area contributed by atoms with Crippen molar-refractivity contribution in [1.82, 2.24) is 0 Å². The van der Waals surface area contributed by atoms with Crippen LogP contribution in [-0.4, -0.2) is 0 Å². The zero-order chi connectivity index (χ0) is 2.71. The summed E-state index contributed by atoms with van der Waals surface area (Å²) in [6.45, 7) is 4.00. The van der Waals surface area contributed by atoms with E-state index in [0.29, 0.717) is 0 Å². The molecule has 0 unspecified atom stereocenters. The SMILES string of the molecule is C.C[CH-]C.[Y].[Y]. The van der Waals surface area contributed by atoms with Gasteiger partial charge in [0.05, 0.1) is 0 Å². The van der Waals surface area contributed by atoms with E-state index in [2.05, 4.69) is 0 Å². The van der Waals surface area contributed by atoms with Crippen LogP contribution in [0.4, 0.5) is 0 Å². The van der Waals surface area contributed by atoms with Gasteiger partial charge < -0.3 is 6.42 Å². The fourth-order valence-corrected chi connectivity index (χ4v) is 0. The Balaban J connectivity index is -0.00000000667. The molecule has 0 atom stereocenters. The van der Waals surface area contributed by atoms with Gasteiger partial charge in [-0.2, -0.15) is 13.8 Å². The first-order chi connectivity index (χ1) is 1.41. The molecule has 0 spiro atoms. The molecule has 0 bridgehead atoms. The van der Waals surface area contributed by atoms with Crippen molar-refractivity contribution in [1.29, 1.82) is 0 Å². The summed E-state index contributed by atoms with van der Waals surface area (Å²) < 4.78 is 0. The van der Waals surface area contributed by atoms with Crippen molar-refractivity contribution >= 4 is 0 Å². The van der Waals surface area contributed by atoms with Gasteiger partial charge in [-0.05, 0) is 0 Å². The standard InChI is InChI=1S/C3H7.CH4.2Y/c1-3-2;;;/h3H,1-2H3;1H4;;/q-1;;;. The molecular weight excluding hydrogens is 226 g/mol. The average molecular weight is 237 g/mol. The zero-order valence-corrected chi connectivity index (χ0v) is 9.41. The van der Waals surface area contributed by atoms with Gasteiger partial charge in [-0.3, -0.25) is 0 Å². The van der Waals surface area contributed by atoms with Gasteiger partial charge in [-0.25, -0.2) is 0 Å². The summed E-state index contributed by atoms with van der Waals surface area (Å²) in [6.07, 6.45) is 2.00. The molecule has 2 heteroatoms. The molecule has 6 heavy (non-hydrogen) atoms. The van der Waals surface area contributed by atoms with E-state index in [4.69, 9.17) is 0 Å². The third-order valence-electron chi connectivity index (χ3n) is 0. The molecule has 0 nitrogen and oxygen atoms in total. The van der Waals surface area contributed by atoms with Crippen LogP contribution >= 0.6 is 0 Å². The normalized spacial score (nSPS) is 3.00. The topological polar surface area (TPSA) is 0 Å². The summed E-state index contributed by atoms with van der Waals surface area (Å²) in [4.78, 5) is 0. The van der Waals surface area contributed by atoms with Gasteiger partial charge in [0.25, 0.3) is 0 Å². The minimum Gasteiger partial charge on any atom is -0.335 e. The monoisotopic (exact) mass is 237 g/mol. The molecule has 0 aromatic heterocycles. The molecule has 0 aromatic rings. The van der Waals surface area contributed by atoms with Crippen LogP contribution in [0.1, 0.15) is 21.3 Å². The van der Waals surface area contributed by atoms with Crippen molar-refractivity contribution < 1.29 is 65.4 Å². The molecule has 0 aromatic carbocycles. The van der Waals surface area contributed by atoms with Crippen LogP contribution in [-0.2, 0) is 65.4 Å². The minimum atomic E-state index is 0. The Kier molecular flexibility index (Phi) is 108. The number of hydrogen-bond acceptors (Lipinski definition) is 0. The Labute approximate surface area is 91.6 Å². The van der Waals surface area contributed by atoms with Crippen LogP contribution in [0.5, 0.6) is 0 Å². The Bertz CT molecular complexity index is 5.51. The van der Waals surface area contributed by atoms with Gasteiger partial charge in [0.15, 0.2) is 0 Å². The van der Waals surface area contributed by atoms with Crippen molar-refractivity contribution in [3.63, 3.8) is 0 Å². The Hall–Kier alpha value is 2.21. The van der Waals surface area contributed by atoms with Crippen LogP contribution in [0.3, 0.4) is 0 Å². The zero-order valence-electron chi connectivity index (χ0n) is 3.73. The molecule has 0 fully saturated rings. The van der Waals surface area contributed by atoms with Gasteiger partial charge >= 0.3 is 0 Å². The van der Waals surface area contributed by atoms with Gasteiger partial charge in [0, 0.05) is 65.4 Å². The second-order valence-electron chi connectivity index (χ2n) is 0.577. The van der Waals surface area contributed by atoms with Crippen molar-refractivity contribution in [2.24, 2.45) is 0 Å². The van der Waals surface area contributed by atoms with Crippen LogP contribution in [0.15, 0.2) is 0 Å². The van der Waals surface area contributed by atoms with Crippen molar-refractivity contribution in [2.75, 3.05) is 0 Å². The molecule has 0 saturated carbocycles. The number of hydrogen-bond donors (Lipinski definition) is 0. The van der Waals surface area contributed by atoms with E-state index in [-0.39, 0.29) is 72.8 Å². The van der Waals surface area contributed by atoms with E-state index < -0.39 is 0 Å². The quantitative estimate of drug-likeness (QED) is 0.564. The molecular formula is C4H11Y2-. The molecule has 0 amide bonds. The minimum absolute atomic E-state index is 0. The maximum Gasteiger partial charge on any atom is 0 e. The predicted octanol–water partition coefficient (Wildman–Crippen LogP) is 1.86. The molecule has 0 N–H and O–H groups in total. The molecule has 0 aliphatic rings. The first-order valence-corrected chi connectivity index (χ1v) is 1.15.